The highest BCUT2D eigenvalue weighted by Gasteiger charge is 2.38. The number of nitrogens with zero attached hydrogens (tertiary/aromatic N) is 1. The first-order valence-corrected chi connectivity index (χ1v) is 7.04. The van der Waals surface area contributed by atoms with Crippen LogP contribution in [0.2, 0.25) is 0 Å². The van der Waals surface area contributed by atoms with Crippen molar-refractivity contribution < 1.29 is 19.4 Å². The molecule has 1 heterocycles. The monoisotopic (exact) mass is 292 g/mol. The standard InChI is InChI=1S/C15H20N2O4/c1-3-21-10(2)9-16-15(20)17-12-7-5-4-6-11(12)8-13(17)14(18)19/h4-7,10,13H,3,8-9H2,1-2H3,(H,16,20)(H,18,19). The van der Waals surface area contributed by atoms with Crippen LogP contribution in [0.3, 0.4) is 0 Å². The van der Waals surface area contributed by atoms with Crippen LogP contribution >= 0.6 is 0 Å². The molecule has 2 unspecified atom stereocenters. The maximum absolute atomic E-state index is 12.3. The number of rotatable bonds is 5. The molecule has 0 saturated carbocycles. The first-order valence-electron chi connectivity index (χ1n) is 7.04. The Hall–Kier alpha value is -2.08. The van der Waals surface area contributed by atoms with Crippen LogP contribution in [0.5, 0.6) is 0 Å². The molecule has 0 fully saturated rings. The van der Waals surface area contributed by atoms with Gasteiger partial charge in [-0.2, -0.15) is 0 Å². The van der Waals surface area contributed by atoms with Crippen LogP contribution in [-0.2, 0) is 16.0 Å². The van der Waals surface area contributed by atoms with Gasteiger partial charge in [0, 0.05) is 25.3 Å². The number of amides is 2. The van der Waals surface area contributed by atoms with Crippen molar-refractivity contribution in [3.05, 3.63) is 29.8 Å². The molecule has 6 heteroatoms. The Morgan fingerprint density at radius 3 is 2.86 bits per heavy atom. The third-order valence-electron chi connectivity index (χ3n) is 3.47. The summed E-state index contributed by atoms with van der Waals surface area (Å²) < 4.78 is 5.35. The van der Waals surface area contributed by atoms with Crippen molar-refractivity contribution in [1.29, 1.82) is 0 Å². The number of carboxylic acids is 1. The van der Waals surface area contributed by atoms with E-state index in [4.69, 9.17) is 4.74 Å². The zero-order valence-electron chi connectivity index (χ0n) is 12.2. The van der Waals surface area contributed by atoms with Crippen molar-refractivity contribution in [2.45, 2.75) is 32.4 Å². The van der Waals surface area contributed by atoms with Crippen molar-refractivity contribution in [2.75, 3.05) is 18.1 Å². The van der Waals surface area contributed by atoms with Crippen molar-refractivity contribution >= 4 is 17.7 Å². The van der Waals surface area contributed by atoms with E-state index in [0.717, 1.165) is 5.56 Å². The molecule has 0 bridgehead atoms. The number of carbonyl (C=O) groups excluding carboxylic acids is 1. The van der Waals surface area contributed by atoms with Gasteiger partial charge in [-0.15, -0.1) is 0 Å². The Bertz CT molecular complexity index is 532. The first kappa shape index (κ1) is 15.3. The molecule has 0 aromatic heterocycles. The molecule has 2 rings (SSSR count). The summed E-state index contributed by atoms with van der Waals surface area (Å²) >= 11 is 0. The van der Waals surface area contributed by atoms with Crippen LogP contribution in [0.4, 0.5) is 10.5 Å². The minimum absolute atomic E-state index is 0.111. The number of hydrogen-bond acceptors (Lipinski definition) is 3. The number of carbonyl (C=O) groups is 2. The fourth-order valence-electron chi connectivity index (χ4n) is 2.49. The van der Waals surface area contributed by atoms with E-state index in [2.05, 4.69) is 5.32 Å². The summed E-state index contributed by atoms with van der Waals surface area (Å²) in [5.74, 6) is -1.00. The van der Waals surface area contributed by atoms with Crippen LogP contribution in [0.1, 0.15) is 19.4 Å². The molecule has 1 aliphatic heterocycles. The average molecular weight is 292 g/mol. The number of fused-ring (bicyclic) bond motifs is 1. The predicted molar refractivity (Wildman–Crippen MR) is 78.5 cm³/mol. The Balaban J connectivity index is 2.11. The van der Waals surface area contributed by atoms with E-state index in [1.165, 1.54) is 4.90 Å². The summed E-state index contributed by atoms with van der Waals surface area (Å²) in [6.45, 7) is 4.66. The second-order valence-corrected chi connectivity index (χ2v) is 5.01. The smallest absolute Gasteiger partial charge is 0.327 e. The van der Waals surface area contributed by atoms with Gasteiger partial charge >= 0.3 is 12.0 Å². The lowest BCUT2D eigenvalue weighted by molar-refractivity contribution is -0.138. The molecule has 0 saturated heterocycles. The number of hydrogen-bond donors (Lipinski definition) is 2. The molecule has 2 N–H and O–H groups in total. The molecule has 6 nitrogen and oxygen atoms in total. The quantitative estimate of drug-likeness (QED) is 0.864. The molecule has 0 spiro atoms. The number of benzene rings is 1. The van der Waals surface area contributed by atoms with Crippen molar-refractivity contribution in [1.82, 2.24) is 5.32 Å². The minimum Gasteiger partial charge on any atom is -0.480 e. The van der Waals surface area contributed by atoms with Gasteiger partial charge in [0.25, 0.3) is 0 Å². The van der Waals surface area contributed by atoms with Crippen molar-refractivity contribution in [3.63, 3.8) is 0 Å². The Morgan fingerprint density at radius 2 is 2.19 bits per heavy atom. The molecule has 1 aromatic rings. The van der Waals surface area contributed by atoms with E-state index in [1.54, 1.807) is 12.1 Å². The number of anilines is 1. The van der Waals surface area contributed by atoms with Gasteiger partial charge in [-0.05, 0) is 25.5 Å². The Labute approximate surface area is 123 Å². The van der Waals surface area contributed by atoms with Crippen molar-refractivity contribution in [3.8, 4) is 0 Å². The van der Waals surface area contributed by atoms with E-state index in [1.807, 2.05) is 26.0 Å². The van der Waals surface area contributed by atoms with Gasteiger partial charge in [0.05, 0.1) is 6.10 Å². The number of aliphatic carboxylic acids is 1. The number of nitrogens with one attached hydrogen (secondary N) is 1. The number of carboxylic acid groups (broad SMARTS) is 1. The zero-order chi connectivity index (χ0) is 15.4. The highest BCUT2D eigenvalue weighted by molar-refractivity contribution is 6.01. The van der Waals surface area contributed by atoms with Crippen LogP contribution in [-0.4, -0.2) is 42.4 Å². The van der Waals surface area contributed by atoms with Gasteiger partial charge in [-0.1, -0.05) is 18.2 Å². The zero-order valence-corrected chi connectivity index (χ0v) is 12.2. The molecule has 2 amide bonds. The third-order valence-corrected chi connectivity index (χ3v) is 3.47. The molecular formula is C15H20N2O4. The van der Waals surface area contributed by atoms with E-state index in [9.17, 15) is 14.7 Å². The Morgan fingerprint density at radius 1 is 1.48 bits per heavy atom. The van der Waals surface area contributed by atoms with Gasteiger partial charge in [0.15, 0.2) is 0 Å². The van der Waals surface area contributed by atoms with E-state index < -0.39 is 18.0 Å². The lowest BCUT2D eigenvalue weighted by Crippen LogP contribution is -2.49. The summed E-state index contributed by atoms with van der Waals surface area (Å²) in [7, 11) is 0. The average Bonchev–Trinajstić information content (AvgIpc) is 2.85. The van der Waals surface area contributed by atoms with Gasteiger partial charge < -0.3 is 15.2 Å². The van der Waals surface area contributed by atoms with Crippen LogP contribution < -0.4 is 10.2 Å². The number of ether oxygens (including phenoxy) is 1. The topological polar surface area (TPSA) is 78.9 Å². The van der Waals surface area contributed by atoms with Crippen molar-refractivity contribution in [2.24, 2.45) is 0 Å². The van der Waals surface area contributed by atoms with Gasteiger partial charge in [-0.3, -0.25) is 4.90 Å². The second kappa shape index (κ2) is 6.58. The lowest BCUT2D eigenvalue weighted by atomic mass is 10.1. The molecule has 0 radical (unpaired) electrons. The highest BCUT2D eigenvalue weighted by Crippen LogP contribution is 2.32. The maximum Gasteiger partial charge on any atom is 0.327 e. The summed E-state index contributed by atoms with van der Waals surface area (Å²) in [5, 5.41) is 12.1. The van der Waals surface area contributed by atoms with Crippen LogP contribution in [0, 0.1) is 0 Å². The Kier molecular flexibility index (Phi) is 4.80. The SMILES string of the molecule is CCOC(C)CNC(=O)N1c2ccccc2CC1C(=O)O. The van der Waals surface area contributed by atoms with Gasteiger partial charge in [-0.25, -0.2) is 9.59 Å². The number of para-hydroxylation sites is 1. The normalized spacial score (nSPS) is 18.2. The molecule has 114 valence electrons. The summed E-state index contributed by atoms with van der Waals surface area (Å²) in [5.41, 5.74) is 1.53. The van der Waals surface area contributed by atoms with E-state index >= 15 is 0 Å². The molecule has 1 aromatic carbocycles. The van der Waals surface area contributed by atoms with E-state index in [0.29, 0.717) is 25.3 Å². The second-order valence-electron chi connectivity index (χ2n) is 5.01. The van der Waals surface area contributed by atoms with E-state index in [-0.39, 0.29) is 6.10 Å². The maximum atomic E-state index is 12.3. The molecular weight excluding hydrogens is 272 g/mol. The van der Waals surface area contributed by atoms with Crippen LogP contribution in [0.15, 0.2) is 24.3 Å². The molecule has 2 atom stereocenters. The first-order chi connectivity index (χ1) is 10.0. The largest absolute Gasteiger partial charge is 0.480 e. The minimum atomic E-state index is -1.00. The molecule has 0 aliphatic carbocycles. The van der Waals surface area contributed by atoms with Crippen LogP contribution in [0.25, 0.3) is 0 Å². The molecule has 1 aliphatic rings. The fourth-order valence-corrected chi connectivity index (χ4v) is 2.49. The third kappa shape index (κ3) is 3.33. The number of urea groups is 1. The fraction of sp³-hybridized carbons (Fsp3) is 0.467. The van der Waals surface area contributed by atoms with Gasteiger partial charge in [0.1, 0.15) is 6.04 Å². The summed E-state index contributed by atoms with van der Waals surface area (Å²) in [4.78, 5) is 25.0. The highest BCUT2D eigenvalue weighted by atomic mass is 16.5. The summed E-state index contributed by atoms with van der Waals surface area (Å²) in [6.07, 6.45) is 0.222. The summed E-state index contributed by atoms with van der Waals surface area (Å²) in [6, 6.07) is 6.00. The van der Waals surface area contributed by atoms with Gasteiger partial charge in [0.2, 0.25) is 0 Å². The predicted octanol–water partition coefficient (Wildman–Crippen LogP) is 1.64. The lowest BCUT2D eigenvalue weighted by Gasteiger charge is -2.24. The molecule has 21 heavy (non-hydrogen) atoms.